The molecule has 158 valence electrons. The quantitative estimate of drug-likeness (QED) is 0.497. The van der Waals surface area contributed by atoms with E-state index in [9.17, 15) is 4.79 Å². The zero-order valence-electron chi connectivity index (χ0n) is 18.1. The second-order valence-electron chi connectivity index (χ2n) is 8.33. The molecule has 0 radical (unpaired) electrons. The van der Waals surface area contributed by atoms with Gasteiger partial charge in [-0.2, -0.15) is 0 Å². The van der Waals surface area contributed by atoms with Crippen molar-refractivity contribution in [2.24, 2.45) is 10.9 Å². The van der Waals surface area contributed by atoms with E-state index in [1.807, 2.05) is 20.8 Å². The van der Waals surface area contributed by atoms with Gasteiger partial charge < -0.3 is 25.0 Å². The SMILES string of the molecule is CCCC(CNC(=NC)N(C)CCC1CCOCC1)NC(=O)OC(C)(C)C. The summed E-state index contributed by atoms with van der Waals surface area (Å²) in [4.78, 5) is 18.6. The Labute approximate surface area is 165 Å². The molecule has 1 unspecified atom stereocenters. The molecule has 7 heteroatoms. The van der Waals surface area contributed by atoms with Crippen molar-refractivity contribution in [1.82, 2.24) is 15.5 Å². The van der Waals surface area contributed by atoms with Gasteiger partial charge in [-0.3, -0.25) is 4.99 Å². The number of ether oxygens (including phenoxy) is 2. The third-order valence-electron chi connectivity index (χ3n) is 4.65. The zero-order chi connectivity index (χ0) is 20.3. The first-order valence-electron chi connectivity index (χ1n) is 10.2. The van der Waals surface area contributed by atoms with Crippen LogP contribution in [0.25, 0.3) is 0 Å². The van der Waals surface area contributed by atoms with Crippen molar-refractivity contribution in [3.05, 3.63) is 0 Å². The third-order valence-corrected chi connectivity index (χ3v) is 4.65. The minimum atomic E-state index is -0.491. The molecule has 0 spiro atoms. The summed E-state index contributed by atoms with van der Waals surface area (Å²) in [6.45, 7) is 11.1. The number of nitrogens with one attached hydrogen (secondary N) is 2. The van der Waals surface area contributed by atoms with Gasteiger partial charge >= 0.3 is 6.09 Å². The molecular formula is C20H40N4O3. The van der Waals surface area contributed by atoms with Crippen LogP contribution in [0.3, 0.4) is 0 Å². The highest BCUT2D eigenvalue weighted by molar-refractivity contribution is 5.79. The average Bonchev–Trinajstić information content (AvgIpc) is 2.59. The van der Waals surface area contributed by atoms with Gasteiger partial charge in [0.05, 0.1) is 0 Å². The summed E-state index contributed by atoms with van der Waals surface area (Å²) in [5, 5.41) is 6.36. The molecule has 1 heterocycles. The monoisotopic (exact) mass is 384 g/mol. The van der Waals surface area contributed by atoms with E-state index >= 15 is 0 Å². The van der Waals surface area contributed by atoms with Crippen LogP contribution in [0.5, 0.6) is 0 Å². The van der Waals surface area contributed by atoms with Crippen LogP contribution in [0.15, 0.2) is 4.99 Å². The van der Waals surface area contributed by atoms with Gasteiger partial charge in [0.15, 0.2) is 5.96 Å². The molecule has 0 bridgehead atoms. The summed E-state index contributed by atoms with van der Waals surface area (Å²) >= 11 is 0. The van der Waals surface area contributed by atoms with Gasteiger partial charge in [0.2, 0.25) is 0 Å². The van der Waals surface area contributed by atoms with Crippen LogP contribution in [0, 0.1) is 5.92 Å². The van der Waals surface area contributed by atoms with E-state index in [1.165, 1.54) is 0 Å². The van der Waals surface area contributed by atoms with Crippen molar-refractivity contribution in [1.29, 1.82) is 0 Å². The van der Waals surface area contributed by atoms with E-state index in [0.29, 0.717) is 6.54 Å². The molecule has 27 heavy (non-hydrogen) atoms. The Bertz CT molecular complexity index is 457. The lowest BCUT2D eigenvalue weighted by molar-refractivity contribution is 0.0502. The van der Waals surface area contributed by atoms with Crippen LogP contribution in [0.2, 0.25) is 0 Å². The molecule has 0 aromatic rings. The summed E-state index contributed by atoms with van der Waals surface area (Å²) in [5.41, 5.74) is -0.491. The highest BCUT2D eigenvalue weighted by Gasteiger charge is 2.20. The van der Waals surface area contributed by atoms with Gasteiger partial charge in [-0.25, -0.2) is 4.79 Å². The van der Waals surface area contributed by atoms with E-state index in [-0.39, 0.29) is 12.1 Å². The molecule has 0 aromatic heterocycles. The molecule has 1 atom stereocenters. The Morgan fingerprint density at radius 1 is 1.33 bits per heavy atom. The topological polar surface area (TPSA) is 75.2 Å². The number of amides is 1. The molecule has 1 amide bonds. The molecule has 0 saturated carbocycles. The van der Waals surface area contributed by atoms with E-state index in [0.717, 1.165) is 63.7 Å². The summed E-state index contributed by atoms with van der Waals surface area (Å²) < 4.78 is 10.8. The Morgan fingerprint density at radius 3 is 2.56 bits per heavy atom. The van der Waals surface area contributed by atoms with Gasteiger partial charge in [0, 0.05) is 46.4 Å². The van der Waals surface area contributed by atoms with Crippen LogP contribution in [0.4, 0.5) is 4.79 Å². The number of carbonyl (C=O) groups is 1. The maximum Gasteiger partial charge on any atom is 0.407 e. The van der Waals surface area contributed by atoms with E-state index in [1.54, 1.807) is 7.05 Å². The lowest BCUT2D eigenvalue weighted by Gasteiger charge is -2.28. The number of alkyl carbamates (subject to hydrolysis) is 1. The summed E-state index contributed by atoms with van der Waals surface area (Å²) in [6, 6.07) is 0.00509. The second-order valence-corrected chi connectivity index (χ2v) is 8.33. The summed E-state index contributed by atoms with van der Waals surface area (Å²) in [7, 11) is 3.86. The number of hydrogen-bond donors (Lipinski definition) is 2. The Morgan fingerprint density at radius 2 is 2.00 bits per heavy atom. The third kappa shape index (κ3) is 10.4. The van der Waals surface area contributed by atoms with Crippen molar-refractivity contribution in [2.45, 2.75) is 71.4 Å². The molecule has 1 aliphatic heterocycles. The highest BCUT2D eigenvalue weighted by Crippen LogP contribution is 2.18. The molecule has 2 N–H and O–H groups in total. The normalized spacial score (nSPS) is 17.3. The van der Waals surface area contributed by atoms with Crippen LogP contribution in [0.1, 0.15) is 59.8 Å². The van der Waals surface area contributed by atoms with Gasteiger partial charge in [-0.1, -0.05) is 13.3 Å². The number of rotatable bonds is 8. The molecule has 1 aliphatic rings. The maximum absolute atomic E-state index is 12.1. The molecule has 7 nitrogen and oxygen atoms in total. The molecule has 1 rings (SSSR count). The smallest absolute Gasteiger partial charge is 0.407 e. The van der Waals surface area contributed by atoms with Crippen molar-refractivity contribution in [3.8, 4) is 0 Å². The summed E-state index contributed by atoms with van der Waals surface area (Å²) in [5.74, 6) is 1.59. The number of aliphatic imine (C=N–C) groups is 1. The molecule has 1 saturated heterocycles. The Hall–Kier alpha value is -1.50. The number of guanidine groups is 1. The standard InChI is InChI=1S/C20H40N4O3/c1-7-8-17(23-19(25)27-20(2,3)4)15-22-18(21-5)24(6)12-9-16-10-13-26-14-11-16/h16-17H,7-15H2,1-6H3,(H,21,22)(H,23,25). The molecular weight excluding hydrogens is 344 g/mol. The van der Waals surface area contributed by atoms with Crippen molar-refractivity contribution < 1.29 is 14.3 Å². The lowest BCUT2D eigenvalue weighted by atomic mass is 9.96. The largest absolute Gasteiger partial charge is 0.444 e. The van der Waals surface area contributed by atoms with Gasteiger partial charge in [-0.15, -0.1) is 0 Å². The minimum absolute atomic E-state index is 0.00509. The highest BCUT2D eigenvalue weighted by atomic mass is 16.6. The molecule has 0 aliphatic carbocycles. The molecule has 0 aromatic carbocycles. The van der Waals surface area contributed by atoms with Crippen LogP contribution in [-0.2, 0) is 9.47 Å². The first-order valence-corrected chi connectivity index (χ1v) is 10.2. The maximum atomic E-state index is 12.1. The minimum Gasteiger partial charge on any atom is -0.444 e. The predicted octanol–water partition coefficient (Wildman–Crippen LogP) is 3.00. The fraction of sp³-hybridized carbons (Fsp3) is 0.900. The Balaban J connectivity index is 2.44. The first kappa shape index (κ1) is 23.5. The second kappa shape index (κ2) is 12.1. The fourth-order valence-corrected chi connectivity index (χ4v) is 3.16. The number of carbonyl (C=O) groups excluding carboxylic acids is 1. The molecule has 1 fully saturated rings. The van der Waals surface area contributed by atoms with Crippen molar-refractivity contribution >= 4 is 12.1 Å². The van der Waals surface area contributed by atoms with Crippen LogP contribution in [-0.4, -0.2) is 69.0 Å². The van der Waals surface area contributed by atoms with Gasteiger partial charge in [0.1, 0.15) is 5.60 Å². The zero-order valence-corrected chi connectivity index (χ0v) is 18.1. The fourth-order valence-electron chi connectivity index (χ4n) is 3.16. The van der Waals surface area contributed by atoms with E-state index < -0.39 is 5.60 Å². The lowest BCUT2D eigenvalue weighted by Crippen LogP contribution is -2.48. The predicted molar refractivity (Wildman–Crippen MR) is 110 cm³/mol. The number of nitrogens with zero attached hydrogens (tertiary/aromatic N) is 2. The summed E-state index contributed by atoms with van der Waals surface area (Å²) in [6.07, 6.45) is 4.95. The van der Waals surface area contributed by atoms with Crippen LogP contribution < -0.4 is 10.6 Å². The number of hydrogen-bond acceptors (Lipinski definition) is 4. The van der Waals surface area contributed by atoms with Crippen molar-refractivity contribution in [3.63, 3.8) is 0 Å². The van der Waals surface area contributed by atoms with Crippen molar-refractivity contribution in [2.75, 3.05) is 40.4 Å². The van der Waals surface area contributed by atoms with E-state index in [4.69, 9.17) is 9.47 Å². The van der Waals surface area contributed by atoms with E-state index in [2.05, 4.69) is 34.5 Å². The van der Waals surface area contributed by atoms with Gasteiger partial charge in [0.25, 0.3) is 0 Å². The average molecular weight is 385 g/mol. The van der Waals surface area contributed by atoms with Crippen LogP contribution >= 0.6 is 0 Å². The Kier molecular flexibility index (Phi) is 10.5. The van der Waals surface area contributed by atoms with Gasteiger partial charge in [-0.05, 0) is 52.4 Å². The first-order chi connectivity index (χ1) is 12.7.